The number of nitrogens with zero attached hydrogens (tertiary/aromatic N) is 2. The third kappa shape index (κ3) is 6.95. The van der Waals surface area contributed by atoms with Crippen molar-refractivity contribution in [3.05, 3.63) is 64.4 Å². The highest BCUT2D eigenvalue weighted by Gasteiger charge is 2.31. The number of hydrogen-bond donors (Lipinski definition) is 1. The van der Waals surface area contributed by atoms with E-state index in [0.29, 0.717) is 0 Å². The molecule has 2 aromatic carbocycles. The number of halogens is 2. The molecule has 0 aliphatic heterocycles. The van der Waals surface area contributed by atoms with Crippen molar-refractivity contribution in [1.82, 2.24) is 10.2 Å². The summed E-state index contributed by atoms with van der Waals surface area (Å²) in [5, 5.41) is 2.76. The Bertz CT molecular complexity index is 1180. The van der Waals surface area contributed by atoms with Gasteiger partial charge in [-0.05, 0) is 56.0 Å². The molecule has 1 N–H and O–H groups in total. The number of carbonyl (C=O) groups is 2. The largest absolute Gasteiger partial charge is 0.352 e. The van der Waals surface area contributed by atoms with Gasteiger partial charge in [-0.1, -0.05) is 48.7 Å². The summed E-state index contributed by atoms with van der Waals surface area (Å²) >= 11 is 5.86. The molecule has 0 saturated heterocycles. The van der Waals surface area contributed by atoms with Gasteiger partial charge in [0.25, 0.3) is 0 Å². The molecule has 7 nitrogen and oxygen atoms in total. The summed E-state index contributed by atoms with van der Waals surface area (Å²) in [6.07, 6.45) is 4.86. The molecule has 1 aliphatic rings. The molecule has 2 amide bonds. The second-order valence-corrected chi connectivity index (χ2v) is 11.3. The Morgan fingerprint density at radius 2 is 1.83 bits per heavy atom. The molecule has 1 fully saturated rings. The van der Waals surface area contributed by atoms with E-state index >= 15 is 0 Å². The van der Waals surface area contributed by atoms with Crippen LogP contribution in [0, 0.1) is 12.7 Å². The molecule has 1 saturated carbocycles. The minimum Gasteiger partial charge on any atom is -0.352 e. The average molecular weight is 524 g/mol. The molecular formula is C25H31ClFN3O4S. The Balaban J connectivity index is 1.90. The predicted octanol–water partition coefficient (Wildman–Crippen LogP) is 4.03. The maximum absolute atomic E-state index is 13.7. The predicted molar refractivity (Wildman–Crippen MR) is 135 cm³/mol. The first-order chi connectivity index (χ1) is 16.5. The summed E-state index contributed by atoms with van der Waals surface area (Å²) in [5.41, 5.74) is 1.85. The highest BCUT2D eigenvalue weighted by Crippen LogP contribution is 2.25. The van der Waals surface area contributed by atoms with Gasteiger partial charge in [-0.25, -0.2) is 12.8 Å². The Morgan fingerprint density at radius 3 is 2.43 bits per heavy atom. The van der Waals surface area contributed by atoms with Crippen LogP contribution in [0.1, 0.15) is 43.7 Å². The van der Waals surface area contributed by atoms with E-state index in [1.54, 1.807) is 6.92 Å². The fourth-order valence-electron chi connectivity index (χ4n) is 4.20. The maximum Gasteiger partial charge on any atom is 0.244 e. The monoisotopic (exact) mass is 523 g/mol. The first kappa shape index (κ1) is 26.9. The number of anilines is 1. The summed E-state index contributed by atoms with van der Waals surface area (Å²) in [4.78, 5) is 28.0. The van der Waals surface area contributed by atoms with E-state index < -0.39 is 34.3 Å². The molecule has 1 aliphatic carbocycles. The zero-order valence-corrected chi connectivity index (χ0v) is 21.7. The van der Waals surface area contributed by atoms with Crippen LogP contribution in [0.5, 0.6) is 0 Å². The number of aryl methyl sites for hydroxylation is 1. The summed E-state index contributed by atoms with van der Waals surface area (Å²) in [6, 6.07) is 10.2. The minimum absolute atomic E-state index is 0.0613. The maximum atomic E-state index is 13.7. The molecule has 2 aromatic rings. The van der Waals surface area contributed by atoms with Gasteiger partial charge in [0.1, 0.15) is 18.4 Å². The quantitative estimate of drug-likeness (QED) is 0.537. The van der Waals surface area contributed by atoms with Crippen molar-refractivity contribution in [3.63, 3.8) is 0 Å². The molecule has 0 spiro atoms. The van der Waals surface area contributed by atoms with Crippen LogP contribution >= 0.6 is 11.6 Å². The lowest BCUT2D eigenvalue weighted by atomic mass is 10.1. The van der Waals surface area contributed by atoms with E-state index in [9.17, 15) is 22.4 Å². The second-order valence-electron chi connectivity index (χ2n) is 8.98. The summed E-state index contributed by atoms with van der Waals surface area (Å²) in [6.45, 7) is 3.12. The van der Waals surface area contributed by atoms with Gasteiger partial charge >= 0.3 is 0 Å². The zero-order chi connectivity index (χ0) is 25.8. The Hall–Kier alpha value is -2.65. The minimum atomic E-state index is -3.92. The lowest BCUT2D eigenvalue weighted by molar-refractivity contribution is -0.139. The van der Waals surface area contributed by atoms with E-state index in [1.807, 2.05) is 31.2 Å². The molecule has 190 valence electrons. The van der Waals surface area contributed by atoms with Crippen molar-refractivity contribution in [2.45, 2.75) is 58.2 Å². The Kier molecular flexibility index (Phi) is 8.77. The van der Waals surface area contributed by atoms with E-state index in [0.717, 1.165) is 59.5 Å². The lowest BCUT2D eigenvalue weighted by Gasteiger charge is -2.32. The average Bonchev–Trinajstić information content (AvgIpc) is 3.30. The number of hydrogen-bond acceptors (Lipinski definition) is 4. The smallest absolute Gasteiger partial charge is 0.244 e. The van der Waals surface area contributed by atoms with Crippen LogP contribution in [0.2, 0.25) is 5.02 Å². The van der Waals surface area contributed by atoms with Crippen molar-refractivity contribution in [1.29, 1.82) is 0 Å². The van der Waals surface area contributed by atoms with E-state index in [2.05, 4.69) is 5.32 Å². The third-order valence-electron chi connectivity index (χ3n) is 6.34. The highest BCUT2D eigenvalue weighted by atomic mass is 35.5. The van der Waals surface area contributed by atoms with Gasteiger partial charge in [-0.15, -0.1) is 0 Å². The zero-order valence-electron chi connectivity index (χ0n) is 20.1. The molecule has 1 atom stereocenters. The molecule has 10 heteroatoms. The summed E-state index contributed by atoms with van der Waals surface area (Å²) < 4.78 is 39.7. The number of amides is 2. The molecule has 0 unspecified atom stereocenters. The topological polar surface area (TPSA) is 86.8 Å². The molecule has 0 bridgehead atoms. The van der Waals surface area contributed by atoms with Gasteiger partial charge in [-0.3, -0.25) is 13.9 Å². The normalized spacial score (nSPS) is 15.0. The van der Waals surface area contributed by atoms with E-state index in [4.69, 9.17) is 11.6 Å². The molecule has 3 rings (SSSR count). The van der Waals surface area contributed by atoms with Gasteiger partial charge in [0.05, 0.1) is 17.0 Å². The fraction of sp³-hybridized carbons (Fsp3) is 0.440. The van der Waals surface area contributed by atoms with Crippen molar-refractivity contribution in [3.8, 4) is 0 Å². The van der Waals surface area contributed by atoms with Gasteiger partial charge < -0.3 is 10.2 Å². The van der Waals surface area contributed by atoms with Gasteiger partial charge in [0.2, 0.25) is 21.8 Å². The van der Waals surface area contributed by atoms with Crippen LogP contribution in [0.3, 0.4) is 0 Å². The number of benzene rings is 2. The van der Waals surface area contributed by atoms with Crippen LogP contribution in [0.4, 0.5) is 10.1 Å². The van der Waals surface area contributed by atoms with Gasteiger partial charge in [0.15, 0.2) is 0 Å². The molecule has 35 heavy (non-hydrogen) atoms. The van der Waals surface area contributed by atoms with Gasteiger partial charge in [-0.2, -0.15) is 0 Å². The highest BCUT2D eigenvalue weighted by molar-refractivity contribution is 7.92. The van der Waals surface area contributed by atoms with Crippen molar-refractivity contribution >= 4 is 39.1 Å². The second kappa shape index (κ2) is 11.4. The summed E-state index contributed by atoms with van der Waals surface area (Å²) in [5.74, 6) is -1.55. The first-order valence-electron chi connectivity index (χ1n) is 11.5. The fourth-order valence-corrected chi connectivity index (χ4v) is 5.22. The van der Waals surface area contributed by atoms with Crippen LogP contribution < -0.4 is 9.62 Å². The van der Waals surface area contributed by atoms with Crippen molar-refractivity contribution in [2.24, 2.45) is 0 Å². The number of sulfonamides is 1. The summed E-state index contributed by atoms with van der Waals surface area (Å²) in [7, 11) is -3.92. The van der Waals surface area contributed by atoms with E-state index in [-0.39, 0.29) is 29.2 Å². The van der Waals surface area contributed by atoms with Gasteiger partial charge in [0, 0.05) is 12.6 Å². The molecular weight excluding hydrogens is 493 g/mol. The SMILES string of the molecule is Cc1ccccc1CN(C(=O)CN(c1ccc(F)c(Cl)c1)S(C)(=O)=O)[C@H](C)C(=O)NC1CCCC1. The Morgan fingerprint density at radius 1 is 1.17 bits per heavy atom. The van der Waals surface area contributed by atoms with Crippen molar-refractivity contribution in [2.75, 3.05) is 17.1 Å². The van der Waals surface area contributed by atoms with Crippen LogP contribution in [-0.4, -0.2) is 50.0 Å². The number of nitrogens with one attached hydrogen (secondary N) is 1. The molecule has 0 radical (unpaired) electrons. The Labute approximate surface area is 211 Å². The number of carbonyl (C=O) groups excluding carboxylic acids is 2. The van der Waals surface area contributed by atoms with Crippen LogP contribution in [0.15, 0.2) is 42.5 Å². The standard InChI is InChI=1S/C25H31ClFN3O4S/c1-17-8-4-5-9-19(17)15-29(18(2)25(32)28-20-10-6-7-11-20)24(31)16-30(35(3,33)34)21-12-13-23(27)22(26)14-21/h4-5,8-9,12-14,18,20H,6-7,10-11,15-16H2,1-3H3,(H,28,32)/t18-/m1/s1. The first-order valence-corrected chi connectivity index (χ1v) is 13.8. The number of rotatable bonds is 9. The van der Waals surface area contributed by atoms with E-state index in [1.165, 1.54) is 11.0 Å². The molecule has 0 aromatic heterocycles. The molecule has 0 heterocycles. The van der Waals surface area contributed by atoms with Crippen LogP contribution in [-0.2, 0) is 26.2 Å². The third-order valence-corrected chi connectivity index (χ3v) is 7.77. The van der Waals surface area contributed by atoms with Crippen molar-refractivity contribution < 1.29 is 22.4 Å². The lowest BCUT2D eigenvalue weighted by Crippen LogP contribution is -2.52. The van der Waals surface area contributed by atoms with Crippen LogP contribution in [0.25, 0.3) is 0 Å².